The summed E-state index contributed by atoms with van der Waals surface area (Å²) < 4.78 is 0. The fourth-order valence-corrected chi connectivity index (χ4v) is 2.20. The van der Waals surface area contributed by atoms with Gasteiger partial charge in [-0.05, 0) is 34.2 Å². The van der Waals surface area contributed by atoms with Crippen LogP contribution in [0.4, 0.5) is 0 Å². The zero-order chi connectivity index (χ0) is 16.2. The highest BCUT2D eigenvalue weighted by Crippen LogP contribution is 2.22. The van der Waals surface area contributed by atoms with Gasteiger partial charge in [-0.15, -0.1) is 12.4 Å². The molecule has 1 amide bonds. The Balaban J connectivity index is 0.00000264. The number of rotatable bonds is 4. The van der Waals surface area contributed by atoms with Gasteiger partial charge < -0.3 is 11.1 Å². The molecular formula is C19H25ClN2O. The molecule has 0 aromatic heterocycles. The molecule has 0 radical (unpaired) electrons. The lowest BCUT2D eigenvalue weighted by atomic mass is 9.87. The number of nitrogens with two attached hydrogens (primary N) is 1. The van der Waals surface area contributed by atoms with Gasteiger partial charge in [0.2, 0.25) is 0 Å². The van der Waals surface area contributed by atoms with Gasteiger partial charge in [-0.1, -0.05) is 57.2 Å². The molecule has 0 saturated heterocycles. The lowest BCUT2D eigenvalue weighted by Gasteiger charge is -2.19. The summed E-state index contributed by atoms with van der Waals surface area (Å²) in [5.74, 6) is -0.0662. The van der Waals surface area contributed by atoms with Crippen molar-refractivity contribution in [1.82, 2.24) is 5.32 Å². The second-order valence-electron chi connectivity index (χ2n) is 6.53. The molecule has 124 valence electrons. The van der Waals surface area contributed by atoms with Crippen LogP contribution in [0.5, 0.6) is 0 Å². The Labute approximate surface area is 144 Å². The van der Waals surface area contributed by atoms with Crippen molar-refractivity contribution >= 4 is 18.3 Å². The normalized spacial score (nSPS) is 10.8. The quantitative estimate of drug-likeness (QED) is 0.894. The van der Waals surface area contributed by atoms with Crippen molar-refractivity contribution in [3.05, 3.63) is 70.8 Å². The minimum Gasteiger partial charge on any atom is -0.348 e. The van der Waals surface area contributed by atoms with Crippen molar-refractivity contribution in [3.8, 4) is 0 Å². The van der Waals surface area contributed by atoms with Gasteiger partial charge in [-0.3, -0.25) is 4.79 Å². The van der Waals surface area contributed by atoms with Crippen LogP contribution in [0.25, 0.3) is 0 Å². The van der Waals surface area contributed by atoms with E-state index in [2.05, 4.69) is 50.4 Å². The summed E-state index contributed by atoms with van der Waals surface area (Å²) in [6.45, 7) is 7.59. The number of halogens is 1. The number of hydrogen-bond acceptors (Lipinski definition) is 2. The first-order chi connectivity index (χ1) is 10.4. The second kappa shape index (κ2) is 8.14. The van der Waals surface area contributed by atoms with Crippen LogP contribution < -0.4 is 11.1 Å². The topological polar surface area (TPSA) is 55.1 Å². The zero-order valence-electron chi connectivity index (χ0n) is 13.9. The molecule has 0 unspecified atom stereocenters. The number of carbonyl (C=O) groups excluding carboxylic acids is 1. The molecule has 0 aliphatic carbocycles. The molecule has 4 heteroatoms. The molecule has 3 nitrogen and oxygen atoms in total. The number of carbonyl (C=O) groups is 1. The molecule has 0 aliphatic heterocycles. The summed E-state index contributed by atoms with van der Waals surface area (Å²) in [7, 11) is 0. The monoisotopic (exact) mass is 332 g/mol. The molecular weight excluding hydrogens is 308 g/mol. The van der Waals surface area contributed by atoms with Gasteiger partial charge in [-0.25, -0.2) is 0 Å². The van der Waals surface area contributed by atoms with E-state index in [1.165, 1.54) is 5.56 Å². The molecule has 0 spiro atoms. The Morgan fingerprint density at radius 1 is 0.957 bits per heavy atom. The zero-order valence-corrected chi connectivity index (χ0v) is 14.7. The van der Waals surface area contributed by atoms with Crippen molar-refractivity contribution in [2.75, 3.05) is 0 Å². The Hall–Kier alpha value is -1.84. The molecule has 0 saturated carbocycles. The molecule has 23 heavy (non-hydrogen) atoms. The molecule has 0 heterocycles. The van der Waals surface area contributed by atoms with E-state index in [4.69, 9.17) is 5.73 Å². The second-order valence-corrected chi connectivity index (χ2v) is 6.53. The van der Waals surface area contributed by atoms with Crippen LogP contribution in [-0.4, -0.2) is 5.91 Å². The number of benzene rings is 2. The molecule has 3 N–H and O–H groups in total. The average molecular weight is 333 g/mol. The lowest BCUT2D eigenvalue weighted by Crippen LogP contribution is -2.22. The Bertz CT molecular complexity index is 628. The van der Waals surface area contributed by atoms with E-state index in [1.807, 2.05) is 12.1 Å². The molecule has 2 aromatic carbocycles. The van der Waals surface area contributed by atoms with Crippen LogP contribution >= 0.6 is 12.4 Å². The van der Waals surface area contributed by atoms with Crippen LogP contribution in [0.1, 0.15) is 47.8 Å². The Morgan fingerprint density at radius 3 is 1.96 bits per heavy atom. The third-order valence-electron chi connectivity index (χ3n) is 3.72. The van der Waals surface area contributed by atoms with E-state index in [0.29, 0.717) is 18.7 Å². The fourth-order valence-electron chi connectivity index (χ4n) is 2.20. The fraction of sp³-hybridized carbons (Fsp3) is 0.316. The van der Waals surface area contributed by atoms with Crippen LogP contribution in [0.15, 0.2) is 48.5 Å². The third kappa shape index (κ3) is 5.38. The van der Waals surface area contributed by atoms with Crippen LogP contribution in [-0.2, 0) is 18.5 Å². The van der Waals surface area contributed by atoms with Gasteiger partial charge in [0.15, 0.2) is 0 Å². The van der Waals surface area contributed by atoms with Crippen LogP contribution in [0, 0.1) is 0 Å². The van der Waals surface area contributed by atoms with E-state index in [1.54, 1.807) is 12.1 Å². The minimum absolute atomic E-state index is 0. The molecule has 0 bridgehead atoms. The van der Waals surface area contributed by atoms with Gasteiger partial charge in [0.1, 0.15) is 0 Å². The summed E-state index contributed by atoms with van der Waals surface area (Å²) in [6.07, 6.45) is 0. The SMILES string of the molecule is CC(C)(C)c1ccc(CNC(=O)c2ccc(CN)cc2)cc1.Cl. The van der Waals surface area contributed by atoms with Crippen molar-refractivity contribution < 1.29 is 4.79 Å². The maximum Gasteiger partial charge on any atom is 0.251 e. The third-order valence-corrected chi connectivity index (χ3v) is 3.72. The highest BCUT2D eigenvalue weighted by molar-refractivity contribution is 5.94. The number of hydrogen-bond donors (Lipinski definition) is 2. The maximum atomic E-state index is 12.1. The lowest BCUT2D eigenvalue weighted by molar-refractivity contribution is 0.0951. The van der Waals surface area contributed by atoms with Crippen molar-refractivity contribution in [1.29, 1.82) is 0 Å². The Kier molecular flexibility index (Phi) is 6.79. The van der Waals surface area contributed by atoms with Gasteiger partial charge in [0.25, 0.3) is 5.91 Å². The number of nitrogens with one attached hydrogen (secondary N) is 1. The summed E-state index contributed by atoms with van der Waals surface area (Å²) in [5, 5.41) is 2.94. The van der Waals surface area contributed by atoms with Crippen molar-refractivity contribution in [3.63, 3.8) is 0 Å². The number of amides is 1. The first-order valence-electron chi connectivity index (χ1n) is 7.57. The van der Waals surface area contributed by atoms with Gasteiger partial charge in [0.05, 0.1) is 0 Å². The Morgan fingerprint density at radius 2 is 1.48 bits per heavy atom. The molecule has 2 rings (SSSR count). The first kappa shape index (κ1) is 19.2. The highest BCUT2D eigenvalue weighted by atomic mass is 35.5. The standard InChI is InChI=1S/C19H24N2O.ClH/c1-19(2,3)17-10-6-15(7-11-17)13-21-18(22)16-8-4-14(12-20)5-9-16;/h4-11H,12-13,20H2,1-3H3,(H,21,22);1H. The van der Waals surface area contributed by atoms with E-state index in [0.717, 1.165) is 11.1 Å². The predicted molar refractivity (Wildman–Crippen MR) is 97.9 cm³/mol. The summed E-state index contributed by atoms with van der Waals surface area (Å²) in [6, 6.07) is 15.8. The van der Waals surface area contributed by atoms with Crippen LogP contribution in [0.3, 0.4) is 0 Å². The minimum atomic E-state index is -0.0662. The van der Waals surface area contributed by atoms with Gasteiger partial charge in [-0.2, -0.15) is 0 Å². The maximum absolute atomic E-state index is 12.1. The average Bonchev–Trinajstić information content (AvgIpc) is 2.52. The summed E-state index contributed by atoms with van der Waals surface area (Å²) in [5.41, 5.74) is 9.77. The van der Waals surface area contributed by atoms with Gasteiger partial charge >= 0.3 is 0 Å². The molecule has 0 fully saturated rings. The summed E-state index contributed by atoms with van der Waals surface area (Å²) in [4.78, 5) is 12.1. The van der Waals surface area contributed by atoms with E-state index >= 15 is 0 Å². The largest absolute Gasteiger partial charge is 0.348 e. The molecule has 0 atom stereocenters. The van der Waals surface area contributed by atoms with E-state index < -0.39 is 0 Å². The molecule has 0 aliphatic rings. The van der Waals surface area contributed by atoms with E-state index in [9.17, 15) is 4.79 Å². The molecule has 2 aromatic rings. The highest BCUT2D eigenvalue weighted by Gasteiger charge is 2.13. The first-order valence-corrected chi connectivity index (χ1v) is 7.57. The van der Waals surface area contributed by atoms with Gasteiger partial charge in [0, 0.05) is 18.7 Å². The van der Waals surface area contributed by atoms with E-state index in [-0.39, 0.29) is 23.7 Å². The van der Waals surface area contributed by atoms with Crippen molar-refractivity contribution in [2.45, 2.75) is 39.3 Å². The smallest absolute Gasteiger partial charge is 0.251 e. The predicted octanol–water partition coefficient (Wildman–Crippen LogP) is 3.79. The summed E-state index contributed by atoms with van der Waals surface area (Å²) >= 11 is 0. The van der Waals surface area contributed by atoms with Crippen LogP contribution in [0.2, 0.25) is 0 Å². The van der Waals surface area contributed by atoms with Crippen molar-refractivity contribution in [2.24, 2.45) is 5.73 Å².